The lowest BCUT2D eigenvalue weighted by atomic mass is 10.1. The van der Waals surface area contributed by atoms with Crippen LogP contribution >= 0.6 is 11.3 Å². The van der Waals surface area contributed by atoms with Gasteiger partial charge in [0.15, 0.2) is 5.13 Å². The number of thiazole rings is 1. The van der Waals surface area contributed by atoms with Crippen molar-refractivity contribution >= 4 is 22.4 Å². The smallest absolute Gasteiger partial charge is 0.230 e. The number of carbonyl (C=O) groups excluding carboxylic acids is 1. The number of aryl methyl sites for hydroxylation is 2. The van der Waals surface area contributed by atoms with Crippen molar-refractivity contribution in [2.75, 3.05) is 11.9 Å². The van der Waals surface area contributed by atoms with Crippen LogP contribution in [0.4, 0.5) is 5.13 Å². The van der Waals surface area contributed by atoms with E-state index in [4.69, 9.17) is 4.74 Å². The summed E-state index contributed by atoms with van der Waals surface area (Å²) in [6.45, 7) is 2.60. The van der Waals surface area contributed by atoms with Crippen molar-refractivity contribution in [1.82, 2.24) is 4.98 Å². The second kappa shape index (κ2) is 6.26. The van der Waals surface area contributed by atoms with E-state index in [2.05, 4.69) is 10.3 Å². The number of ether oxygens (including phenoxy) is 1. The van der Waals surface area contributed by atoms with Crippen LogP contribution in [0, 0.1) is 0 Å². The second-order valence-corrected chi connectivity index (χ2v) is 6.13. The molecule has 1 heterocycles. The zero-order valence-corrected chi connectivity index (χ0v) is 12.8. The summed E-state index contributed by atoms with van der Waals surface area (Å²) in [5.74, 6) is 0.810. The molecule has 1 N–H and O–H groups in total. The van der Waals surface area contributed by atoms with Crippen molar-refractivity contribution in [1.29, 1.82) is 0 Å². The molecule has 4 nitrogen and oxygen atoms in total. The molecule has 0 fully saturated rings. The first-order valence-corrected chi connectivity index (χ1v) is 8.06. The van der Waals surface area contributed by atoms with E-state index in [1.807, 2.05) is 31.2 Å². The maximum atomic E-state index is 12.0. The van der Waals surface area contributed by atoms with Gasteiger partial charge in [0.05, 0.1) is 18.7 Å². The summed E-state index contributed by atoms with van der Waals surface area (Å²) in [6, 6.07) is 7.63. The Morgan fingerprint density at radius 2 is 2.14 bits per heavy atom. The molecule has 0 atom stereocenters. The first-order chi connectivity index (χ1) is 10.2. The summed E-state index contributed by atoms with van der Waals surface area (Å²) in [6.07, 6.45) is 3.69. The number of nitrogens with one attached hydrogen (secondary N) is 1. The first kappa shape index (κ1) is 14.1. The third-order valence-corrected chi connectivity index (χ3v) is 4.51. The van der Waals surface area contributed by atoms with Crippen LogP contribution in [0.15, 0.2) is 24.3 Å². The predicted molar refractivity (Wildman–Crippen MR) is 84.1 cm³/mol. The van der Waals surface area contributed by atoms with E-state index < -0.39 is 0 Å². The molecular weight excluding hydrogens is 284 g/mol. The molecule has 0 saturated heterocycles. The molecule has 0 aliphatic heterocycles. The molecule has 0 spiro atoms. The average Bonchev–Trinajstić information content (AvgIpc) is 3.02. The molecule has 110 valence electrons. The highest BCUT2D eigenvalue weighted by molar-refractivity contribution is 7.15. The van der Waals surface area contributed by atoms with Gasteiger partial charge in [0, 0.05) is 4.88 Å². The van der Waals surface area contributed by atoms with Crippen LogP contribution in [0.3, 0.4) is 0 Å². The molecule has 21 heavy (non-hydrogen) atoms. The molecule has 2 aromatic rings. The van der Waals surface area contributed by atoms with Gasteiger partial charge in [-0.2, -0.15) is 0 Å². The number of fused-ring (bicyclic) bond motifs is 1. The minimum atomic E-state index is -0.0217. The fourth-order valence-corrected chi connectivity index (χ4v) is 3.53. The Hall–Kier alpha value is -1.88. The van der Waals surface area contributed by atoms with E-state index in [9.17, 15) is 4.79 Å². The molecule has 0 radical (unpaired) electrons. The fourth-order valence-electron chi connectivity index (χ4n) is 2.46. The monoisotopic (exact) mass is 302 g/mol. The van der Waals surface area contributed by atoms with Gasteiger partial charge in [-0.05, 0) is 43.9 Å². The number of nitrogens with zero attached hydrogens (tertiary/aromatic N) is 1. The Balaban J connectivity index is 1.58. The molecule has 0 saturated carbocycles. The molecule has 0 unspecified atom stereocenters. The number of carbonyl (C=O) groups is 1. The van der Waals surface area contributed by atoms with Crippen molar-refractivity contribution in [2.24, 2.45) is 0 Å². The van der Waals surface area contributed by atoms with Crippen LogP contribution in [0.2, 0.25) is 0 Å². The van der Waals surface area contributed by atoms with Gasteiger partial charge >= 0.3 is 0 Å². The number of anilines is 1. The quantitative estimate of drug-likeness (QED) is 0.922. The van der Waals surface area contributed by atoms with Crippen LogP contribution < -0.4 is 10.1 Å². The highest BCUT2D eigenvalue weighted by Crippen LogP contribution is 2.30. The first-order valence-electron chi connectivity index (χ1n) is 7.25. The van der Waals surface area contributed by atoms with Crippen LogP contribution in [0.25, 0.3) is 0 Å². The van der Waals surface area contributed by atoms with Gasteiger partial charge in [0.2, 0.25) is 5.91 Å². The Kier molecular flexibility index (Phi) is 4.20. The van der Waals surface area contributed by atoms with Gasteiger partial charge < -0.3 is 10.1 Å². The molecule has 1 aliphatic rings. The normalized spacial score (nSPS) is 13.0. The Morgan fingerprint density at radius 1 is 1.33 bits per heavy atom. The lowest BCUT2D eigenvalue weighted by Crippen LogP contribution is -2.14. The van der Waals surface area contributed by atoms with Gasteiger partial charge in [-0.15, -0.1) is 11.3 Å². The van der Waals surface area contributed by atoms with Gasteiger partial charge in [-0.1, -0.05) is 12.1 Å². The number of hydrogen-bond acceptors (Lipinski definition) is 4. The van der Waals surface area contributed by atoms with Gasteiger partial charge in [-0.25, -0.2) is 4.98 Å². The van der Waals surface area contributed by atoms with Crippen molar-refractivity contribution < 1.29 is 9.53 Å². The number of hydrogen-bond donors (Lipinski definition) is 1. The topological polar surface area (TPSA) is 51.2 Å². The minimum Gasteiger partial charge on any atom is -0.494 e. The molecule has 1 aromatic carbocycles. The van der Waals surface area contributed by atoms with E-state index >= 15 is 0 Å². The molecule has 0 bridgehead atoms. The van der Waals surface area contributed by atoms with Gasteiger partial charge in [0.25, 0.3) is 0 Å². The summed E-state index contributed by atoms with van der Waals surface area (Å²) in [5.41, 5.74) is 2.14. The Labute approximate surface area is 128 Å². The molecular formula is C16H18N2O2S. The van der Waals surface area contributed by atoms with Crippen molar-refractivity contribution in [3.8, 4) is 5.75 Å². The number of amides is 1. The van der Waals surface area contributed by atoms with Crippen LogP contribution in [0.1, 0.15) is 29.5 Å². The maximum absolute atomic E-state index is 12.0. The summed E-state index contributed by atoms with van der Waals surface area (Å²) >= 11 is 1.61. The van der Waals surface area contributed by atoms with Crippen LogP contribution in [-0.2, 0) is 24.1 Å². The van der Waals surface area contributed by atoms with Crippen molar-refractivity contribution in [3.63, 3.8) is 0 Å². The fraction of sp³-hybridized carbons (Fsp3) is 0.375. The standard InChI is InChI=1S/C16H18N2O2S/c1-2-20-12-8-6-11(7-9-12)10-15(19)18-16-17-13-4-3-5-14(13)21-16/h6-9H,2-5,10H2,1H3,(H,17,18,19). The lowest BCUT2D eigenvalue weighted by molar-refractivity contribution is -0.115. The van der Waals surface area contributed by atoms with Crippen molar-refractivity contribution in [3.05, 3.63) is 40.4 Å². The summed E-state index contributed by atoms with van der Waals surface area (Å²) in [4.78, 5) is 17.8. The Bertz CT molecular complexity index is 613. The molecule has 1 aromatic heterocycles. The highest BCUT2D eigenvalue weighted by atomic mass is 32.1. The lowest BCUT2D eigenvalue weighted by Gasteiger charge is -2.05. The third-order valence-electron chi connectivity index (χ3n) is 3.44. The molecule has 3 rings (SSSR count). The SMILES string of the molecule is CCOc1ccc(CC(=O)Nc2nc3c(s2)CCC3)cc1. The second-order valence-electron chi connectivity index (χ2n) is 5.04. The molecule has 1 aliphatic carbocycles. The zero-order chi connectivity index (χ0) is 14.7. The zero-order valence-electron chi connectivity index (χ0n) is 12.0. The Morgan fingerprint density at radius 3 is 2.86 bits per heavy atom. The van der Waals surface area contributed by atoms with Gasteiger partial charge in [-0.3, -0.25) is 4.79 Å². The van der Waals surface area contributed by atoms with E-state index in [-0.39, 0.29) is 5.91 Å². The number of benzene rings is 1. The molecule has 1 amide bonds. The van der Waals surface area contributed by atoms with E-state index in [0.29, 0.717) is 13.0 Å². The van der Waals surface area contributed by atoms with Crippen molar-refractivity contribution in [2.45, 2.75) is 32.6 Å². The summed E-state index contributed by atoms with van der Waals surface area (Å²) < 4.78 is 5.39. The highest BCUT2D eigenvalue weighted by Gasteiger charge is 2.17. The number of aromatic nitrogens is 1. The van der Waals surface area contributed by atoms with Crippen LogP contribution in [-0.4, -0.2) is 17.5 Å². The van der Waals surface area contributed by atoms with E-state index in [1.54, 1.807) is 11.3 Å². The molecule has 5 heteroatoms. The number of rotatable bonds is 5. The summed E-state index contributed by atoms with van der Waals surface area (Å²) in [5, 5.41) is 3.63. The van der Waals surface area contributed by atoms with Gasteiger partial charge in [0.1, 0.15) is 5.75 Å². The summed E-state index contributed by atoms with van der Waals surface area (Å²) in [7, 11) is 0. The maximum Gasteiger partial charge on any atom is 0.230 e. The average molecular weight is 302 g/mol. The van der Waals surface area contributed by atoms with Crippen LogP contribution in [0.5, 0.6) is 5.75 Å². The van der Waals surface area contributed by atoms with E-state index in [0.717, 1.165) is 35.0 Å². The minimum absolute atomic E-state index is 0.0217. The third kappa shape index (κ3) is 3.42. The van der Waals surface area contributed by atoms with E-state index in [1.165, 1.54) is 11.3 Å². The largest absolute Gasteiger partial charge is 0.494 e. The predicted octanol–water partition coefficient (Wildman–Crippen LogP) is 3.21.